The summed E-state index contributed by atoms with van der Waals surface area (Å²) in [6.07, 6.45) is 0.394. The van der Waals surface area contributed by atoms with Gasteiger partial charge in [0.1, 0.15) is 0 Å². The van der Waals surface area contributed by atoms with E-state index < -0.39 is 0 Å². The zero-order valence-electron chi connectivity index (χ0n) is 12.9. The van der Waals surface area contributed by atoms with Gasteiger partial charge in [0.15, 0.2) is 0 Å². The summed E-state index contributed by atoms with van der Waals surface area (Å²) in [5.74, 6) is -0.0641. The van der Waals surface area contributed by atoms with Gasteiger partial charge in [-0.3, -0.25) is 9.59 Å². The van der Waals surface area contributed by atoms with E-state index in [2.05, 4.69) is 10.6 Å². The van der Waals surface area contributed by atoms with Crippen molar-refractivity contribution in [2.24, 2.45) is 0 Å². The van der Waals surface area contributed by atoms with Crippen molar-refractivity contribution in [3.8, 4) is 0 Å². The molecule has 116 valence electrons. The van der Waals surface area contributed by atoms with E-state index in [4.69, 9.17) is 5.73 Å². The largest absolute Gasteiger partial charge is 0.397 e. The van der Waals surface area contributed by atoms with Crippen LogP contribution < -0.4 is 16.4 Å². The molecule has 21 heavy (non-hydrogen) atoms. The van der Waals surface area contributed by atoms with Crippen molar-refractivity contribution in [3.05, 3.63) is 23.8 Å². The lowest BCUT2D eigenvalue weighted by Gasteiger charge is -2.19. The van der Waals surface area contributed by atoms with Crippen LogP contribution in [0.4, 0.5) is 11.4 Å². The summed E-state index contributed by atoms with van der Waals surface area (Å²) in [6.45, 7) is 5.82. The van der Waals surface area contributed by atoms with E-state index in [0.29, 0.717) is 43.0 Å². The Morgan fingerprint density at radius 1 is 1.24 bits per heavy atom. The molecule has 1 rings (SSSR count). The first-order valence-electron chi connectivity index (χ1n) is 7.16. The Balaban J connectivity index is 2.63. The van der Waals surface area contributed by atoms with Gasteiger partial charge in [0.25, 0.3) is 5.91 Å². The fraction of sp³-hybridized carbons (Fsp3) is 0.467. The van der Waals surface area contributed by atoms with Gasteiger partial charge in [-0.1, -0.05) is 0 Å². The van der Waals surface area contributed by atoms with Crippen molar-refractivity contribution >= 4 is 23.2 Å². The van der Waals surface area contributed by atoms with Crippen LogP contribution in [0.5, 0.6) is 0 Å². The molecule has 0 atom stereocenters. The molecule has 2 amide bonds. The highest BCUT2D eigenvalue weighted by Gasteiger charge is 2.10. The van der Waals surface area contributed by atoms with Gasteiger partial charge in [-0.05, 0) is 32.0 Å². The van der Waals surface area contributed by atoms with E-state index in [0.717, 1.165) is 0 Å². The number of carbonyl (C=O) groups excluding carboxylic acids is 2. The van der Waals surface area contributed by atoms with Gasteiger partial charge in [-0.2, -0.15) is 0 Å². The van der Waals surface area contributed by atoms with E-state index in [1.54, 1.807) is 30.1 Å². The van der Waals surface area contributed by atoms with E-state index in [9.17, 15) is 9.59 Å². The minimum absolute atomic E-state index is 0.105. The average molecular weight is 292 g/mol. The standard InChI is InChI=1S/C15H24N4O2/c1-4-19(5-2)14(20)8-9-18-13-10-11(15(21)17-3)6-7-12(13)16/h6-7,10,18H,4-5,8-9,16H2,1-3H3,(H,17,21). The molecular weight excluding hydrogens is 268 g/mol. The highest BCUT2D eigenvalue weighted by atomic mass is 16.2. The molecule has 0 saturated heterocycles. The van der Waals surface area contributed by atoms with Gasteiger partial charge in [-0.25, -0.2) is 0 Å². The summed E-state index contributed by atoms with van der Waals surface area (Å²) in [6, 6.07) is 5.04. The average Bonchev–Trinajstić information content (AvgIpc) is 2.49. The second kappa shape index (κ2) is 8.14. The number of carbonyl (C=O) groups is 2. The number of benzene rings is 1. The quantitative estimate of drug-likeness (QED) is 0.661. The lowest BCUT2D eigenvalue weighted by molar-refractivity contribution is -0.130. The van der Waals surface area contributed by atoms with Crippen molar-refractivity contribution < 1.29 is 9.59 Å². The van der Waals surface area contributed by atoms with Crippen molar-refractivity contribution in [2.45, 2.75) is 20.3 Å². The van der Waals surface area contributed by atoms with Gasteiger partial charge in [0.05, 0.1) is 11.4 Å². The molecule has 6 nitrogen and oxygen atoms in total. The molecule has 0 aliphatic heterocycles. The molecule has 0 spiro atoms. The Morgan fingerprint density at radius 3 is 2.48 bits per heavy atom. The Hall–Kier alpha value is -2.24. The van der Waals surface area contributed by atoms with E-state index in [1.807, 2.05) is 13.8 Å². The van der Waals surface area contributed by atoms with E-state index in [1.165, 1.54) is 0 Å². The highest BCUT2D eigenvalue weighted by molar-refractivity contribution is 5.96. The molecule has 0 saturated carbocycles. The minimum Gasteiger partial charge on any atom is -0.397 e. The molecule has 0 aliphatic carbocycles. The molecule has 0 fully saturated rings. The third kappa shape index (κ3) is 4.66. The first-order chi connectivity index (χ1) is 10.0. The predicted octanol–water partition coefficient (Wildman–Crippen LogP) is 1.30. The molecule has 0 radical (unpaired) electrons. The fourth-order valence-electron chi connectivity index (χ4n) is 2.03. The molecule has 1 aromatic carbocycles. The summed E-state index contributed by atoms with van der Waals surface area (Å²) in [7, 11) is 1.58. The van der Waals surface area contributed by atoms with Crippen LogP contribution in [0.2, 0.25) is 0 Å². The molecule has 0 heterocycles. The van der Waals surface area contributed by atoms with Crippen molar-refractivity contribution in [3.63, 3.8) is 0 Å². The number of rotatable bonds is 7. The Morgan fingerprint density at radius 2 is 1.90 bits per heavy atom. The number of nitrogens with one attached hydrogen (secondary N) is 2. The number of amides is 2. The summed E-state index contributed by atoms with van der Waals surface area (Å²) in [5.41, 5.74) is 7.63. The van der Waals surface area contributed by atoms with Crippen LogP contribution in [0.3, 0.4) is 0 Å². The number of nitrogen functional groups attached to an aromatic ring is 1. The lowest BCUT2D eigenvalue weighted by atomic mass is 10.1. The Kier molecular flexibility index (Phi) is 6.52. The van der Waals surface area contributed by atoms with Crippen molar-refractivity contribution in [1.29, 1.82) is 0 Å². The minimum atomic E-state index is -0.169. The molecule has 4 N–H and O–H groups in total. The molecule has 0 bridgehead atoms. The monoisotopic (exact) mass is 292 g/mol. The summed E-state index contributed by atoms with van der Waals surface area (Å²) in [5, 5.41) is 5.68. The van der Waals surface area contributed by atoms with Crippen LogP contribution >= 0.6 is 0 Å². The van der Waals surface area contributed by atoms with Gasteiger partial charge in [0.2, 0.25) is 5.91 Å². The lowest BCUT2D eigenvalue weighted by Crippen LogP contribution is -2.31. The third-order valence-corrected chi connectivity index (χ3v) is 3.31. The first-order valence-corrected chi connectivity index (χ1v) is 7.16. The van der Waals surface area contributed by atoms with Crippen LogP contribution in [0.15, 0.2) is 18.2 Å². The highest BCUT2D eigenvalue weighted by Crippen LogP contribution is 2.20. The summed E-state index contributed by atoms with van der Waals surface area (Å²) >= 11 is 0. The fourth-order valence-corrected chi connectivity index (χ4v) is 2.03. The molecule has 6 heteroatoms. The number of nitrogens with zero attached hydrogens (tertiary/aromatic N) is 1. The van der Waals surface area contributed by atoms with Crippen LogP contribution in [0.1, 0.15) is 30.6 Å². The summed E-state index contributed by atoms with van der Waals surface area (Å²) < 4.78 is 0. The summed E-state index contributed by atoms with van der Waals surface area (Å²) in [4.78, 5) is 25.3. The number of hydrogen-bond donors (Lipinski definition) is 3. The number of nitrogens with two attached hydrogens (primary N) is 1. The van der Waals surface area contributed by atoms with Crippen LogP contribution in [-0.4, -0.2) is 43.4 Å². The van der Waals surface area contributed by atoms with Crippen LogP contribution in [-0.2, 0) is 4.79 Å². The zero-order valence-corrected chi connectivity index (χ0v) is 12.9. The molecule has 1 aromatic rings. The van der Waals surface area contributed by atoms with Crippen LogP contribution in [0.25, 0.3) is 0 Å². The van der Waals surface area contributed by atoms with Gasteiger partial charge in [0, 0.05) is 38.7 Å². The SMILES string of the molecule is CCN(CC)C(=O)CCNc1cc(C(=O)NC)ccc1N. The normalized spacial score (nSPS) is 10.0. The third-order valence-electron chi connectivity index (χ3n) is 3.31. The van der Waals surface area contributed by atoms with Gasteiger partial charge in [-0.15, -0.1) is 0 Å². The topological polar surface area (TPSA) is 87.5 Å². The maximum atomic E-state index is 11.9. The van der Waals surface area contributed by atoms with Gasteiger partial charge >= 0.3 is 0 Å². The number of hydrogen-bond acceptors (Lipinski definition) is 4. The maximum absolute atomic E-state index is 11.9. The second-order valence-corrected chi connectivity index (χ2v) is 4.62. The predicted molar refractivity (Wildman–Crippen MR) is 85.3 cm³/mol. The van der Waals surface area contributed by atoms with Crippen molar-refractivity contribution in [1.82, 2.24) is 10.2 Å². The van der Waals surface area contributed by atoms with Gasteiger partial charge < -0.3 is 21.3 Å². The molecule has 0 aliphatic rings. The van der Waals surface area contributed by atoms with E-state index in [-0.39, 0.29) is 11.8 Å². The number of anilines is 2. The molecule has 0 unspecified atom stereocenters. The zero-order chi connectivity index (χ0) is 15.8. The smallest absolute Gasteiger partial charge is 0.251 e. The molecule has 0 aromatic heterocycles. The Bertz CT molecular complexity index is 498. The second-order valence-electron chi connectivity index (χ2n) is 4.62. The Labute approximate surface area is 125 Å². The van der Waals surface area contributed by atoms with Crippen molar-refractivity contribution in [2.75, 3.05) is 37.7 Å². The van der Waals surface area contributed by atoms with E-state index >= 15 is 0 Å². The maximum Gasteiger partial charge on any atom is 0.251 e. The van der Waals surface area contributed by atoms with Crippen LogP contribution in [0, 0.1) is 0 Å². The first kappa shape index (κ1) is 16.8. The molecular formula is C15H24N4O2.